The Labute approximate surface area is 168 Å². The molecule has 8 heteroatoms. The van der Waals surface area contributed by atoms with Gasteiger partial charge in [0.2, 0.25) is 0 Å². The van der Waals surface area contributed by atoms with Gasteiger partial charge in [0.05, 0.1) is 18.9 Å². The molecule has 29 heavy (non-hydrogen) atoms. The van der Waals surface area contributed by atoms with Gasteiger partial charge in [-0.25, -0.2) is 4.79 Å². The molecule has 0 unspecified atom stereocenters. The van der Waals surface area contributed by atoms with E-state index in [9.17, 15) is 14.4 Å². The molecule has 0 heterocycles. The van der Waals surface area contributed by atoms with Gasteiger partial charge in [0.25, 0.3) is 5.91 Å². The first-order valence-electron chi connectivity index (χ1n) is 9.01. The van der Waals surface area contributed by atoms with Crippen LogP contribution < -0.4 is 15.9 Å². The van der Waals surface area contributed by atoms with Crippen LogP contribution in [-0.2, 0) is 9.53 Å². The van der Waals surface area contributed by atoms with Gasteiger partial charge in [-0.2, -0.15) is 5.10 Å². The van der Waals surface area contributed by atoms with Crippen LogP contribution in [0.4, 0.5) is 0 Å². The van der Waals surface area contributed by atoms with Crippen molar-refractivity contribution in [1.82, 2.24) is 5.32 Å². The second-order valence-corrected chi connectivity index (χ2v) is 6.08. The fourth-order valence-corrected chi connectivity index (χ4v) is 2.46. The fourth-order valence-electron chi connectivity index (χ4n) is 2.46. The summed E-state index contributed by atoms with van der Waals surface area (Å²) in [6.45, 7) is 3.40. The lowest BCUT2D eigenvalue weighted by Crippen LogP contribution is -2.38. The Morgan fingerprint density at radius 1 is 1.07 bits per heavy atom. The highest BCUT2D eigenvalue weighted by Gasteiger charge is 2.18. The normalized spacial score (nSPS) is 11.7. The van der Waals surface area contributed by atoms with E-state index in [2.05, 4.69) is 10.4 Å². The Morgan fingerprint density at radius 3 is 2.28 bits per heavy atom. The molecule has 3 N–H and O–H groups in total. The number of nitrogens with one attached hydrogen (secondary N) is 1. The number of rotatable bonds is 9. The molecular weight excluding hydrogens is 374 g/mol. The first kappa shape index (κ1) is 21.6. The summed E-state index contributed by atoms with van der Waals surface area (Å²) in [5, 5.41) is 6.09. The number of ether oxygens (including phenoxy) is 2. The van der Waals surface area contributed by atoms with Crippen LogP contribution in [0.1, 0.15) is 40.1 Å². The predicted octanol–water partition coefficient (Wildman–Crippen LogP) is 1.92. The molecule has 8 nitrogen and oxygen atoms in total. The summed E-state index contributed by atoms with van der Waals surface area (Å²) >= 11 is 0. The quantitative estimate of drug-likeness (QED) is 0.219. The van der Waals surface area contributed by atoms with Crippen molar-refractivity contribution in [3.05, 3.63) is 65.2 Å². The Balaban J connectivity index is 1.93. The minimum absolute atomic E-state index is 0.205. The molecule has 2 aromatic carbocycles. The number of carbonyl (C=O) groups is 3. The summed E-state index contributed by atoms with van der Waals surface area (Å²) in [4.78, 5) is 36.2. The van der Waals surface area contributed by atoms with Gasteiger partial charge in [-0.1, -0.05) is 12.1 Å². The van der Waals surface area contributed by atoms with Crippen LogP contribution in [-0.4, -0.2) is 43.1 Å². The molecule has 0 spiro atoms. The minimum Gasteiger partial charge on any atom is -0.482 e. The lowest BCUT2D eigenvalue weighted by atomic mass is 10.0. The molecule has 0 aliphatic rings. The van der Waals surface area contributed by atoms with Gasteiger partial charge in [-0.05, 0) is 55.8 Å². The van der Waals surface area contributed by atoms with E-state index in [-0.39, 0.29) is 24.9 Å². The highest BCUT2D eigenvalue weighted by Crippen LogP contribution is 2.14. The van der Waals surface area contributed by atoms with Crippen LogP contribution in [0.15, 0.2) is 53.6 Å². The maximum atomic E-state index is 12.6. The number of Topliss-reactive ketones (excluding diaryl/α,β-unsaturated/α-hetero) is 1. The topological polar surface area (TPSA) is 120 Å². The molecular formula is C21H23N3O5. The van der Waals surface area contributed by atoms with E-state index in [1.165, 1.54) is 6.21 Å². The van der Waals surface area contributed by atoms with Gasteiger partial charge in [0, 0.05) is 11.1 Å². The van der Waals surface area contributed by atoms with Crippen LogP contribution in [0.5, 0.6) is 5.75 Å². The molecule has 0 bridgehead atoms. The molecule has 152 valence electrons. The zero-order chi connectivity index (χ0) is 21.2. The third kappa shape index (κ3) is 6.46. The van der Waals surface area contributed by atoms with Crippen LogP contribution in [0.25, 0.3) is 0 Å². The lowest BCUT2D eigenvalue weighted by molar-refractivity contribution is -0.145. The van der Waals surface area contributed by atoms with Crippen LogP contribution >= 0.6 is 0 Å². The predicted molar refractivity (Wildman–Crippen MR) is 108 cm³/mol. The van der Waals surface area contributed by atoms with Crippen molar-refractivity contribution in [1.29, 1.82) is 0 Å². The molecule has 0 aliphatic carbocycles. The zero-order valence-corrected chi connectivity index (χ0v) is 16.3. The highest BCUT2D eigenvalue weighted by atomic mass is 16.6. The van der Waals surface area contributed by atoms with E-state index >= 15 is 0 Å². The van der Waals surface area contributed by atoms with Crippen molar-refractivity contribution in [3.8, 4) is 5.75 Å². The average Bonchev–Trinajstić information content (AvgIpc) is 2.73. The largest absolute Gasteiger partial charge is 0.482 e. The monoisotopic (exact) mass is 397 g/mol. The van der Waals surface area contributed by atoms with Crippen molar-refractivity contribution < 1.29 is 23.9 Å². The van der Waals surface area contributed by atoms with Crippen molar-refractivity contribution in [2.75, 3.05) is 13.2 Å². The molecule has 0 saturated carbocycles. The number of hydrogen-bond acceptors (Lipinski definition) is 7. The Hall–Kier alpha value is -3.68. The molecule has 1 amide bonds. The third-order valence-corrected chi connectivity index (χ3v) is 3.94. The number of nitrogens with zero attached hydrogens (tertiary/aromatic N) is 1. The molecule has 1 atom stereocenters. The molecule has 0 fully saturated rings. The standard InChI is InChI=1S/C21H23N3O5/c1-3-28-19(25)13-29-18-10-8-16(9-11-18)20(26)14(2)24-21(27)17-6-4-15(5-7-17)12-23-22/h4-12,14H,3,13,22H2,1-2H3,(H,24,27)/t14-/m0/s1. The Bertz CT molecular complexity index is 876. The molecule has 0 radical (unpaired) electrons. The molecule has 0 saturated heterocycles. The van der Waals surface area contributed by atoms with Gasteiger partial charge in [0.1, 0.15) is 5.75 Å². The summed E-state index contributed by atoms with van der Waals surface area (Å²) in [5.74, 6) is 4.45. The number of esters is 1. The van der Waals surface area contributed by atoms with E-state index in [0.717, 1.165) is 5.56 Å². The highest BCUT2D eigenvalue weighted by molar-refractivity contribution is 6.04. The number of ketones is 1. The van der Waals surface area contributed by atoms with E-state index in [0.29, 0.717) is 16.9 Å². The molecule has 0 aliphatic heterocycles. The first-order valence-corrected chi connectivity index (χ1v) is 9.01. The van der Waals surface area contributed by atoms with E-state index in [1.807, 2.05) is 0 Å². The van der Waals surface area contributed by atoms with Gasteiger partial charge in [0.15, 0.2) is 12.4 Å². The third-order valence-electron chi connectivity index (χ3n) is 3.94. The summed E-state index contributed by atoms with van der Waals surface area (Å²) in [6.07, 6.45) is 1.47. The van der Waals surface area contributed by atoms with Crippen molar-refractivity contribution in [2.24, 2.45) is 10.9 Å². The lowest BCUT2D eigenvalue weighted by Gasteiger charge is -2.13. The number of benzene rings is 2. The summed E-state index contributed by atoms with van der Waals surface area (Å²) in [7, 11) is 0. The second kappa shape index (κ2) is 10.6. The van der Waals surface area contributed by atoms with Gasteiger partial charge < -0.3 is 20.6 Å². The summed E-state index contributed by atoms with van der Waals surface area (Å²) in [5.41, 5.74) is 1.59. The van der Waals surface area contributed by atoms with Crippen LogP contribution in [0.3, 0.4) is 0 Å². The Kier molecular flexibility index (Phi) is 7.90. The maximum absolute atomic E-state index is 12.6. The van der Waals surface area contributed by atoms with Crippen molar-refractivity contribution >= 4 is 23.9 Å². The Morgan fingerprint density at radius 2 is 1.69 bits per heavy atom. The number of carbonyl (C=O) groups excluding carboxylic acids is 3. The molecule has 0 aromatic heterocycles. The molecule has 2 aromatic rings. The number of hydrazone groups is 1. The van der Waals surface area contributed by atoms with E-state index in [4.69, 9.17) is 15.3 Å². The first-order chi connectivity index (χ1) is 13.9. The number of hydrogen-bond donors (Lipinski definition) is 2. The second-order valence-electron chi connectivity index (χ2n) is 6.08. The van der Waals surface area contributed by atoms with Crippen molar-refractivity contribution in [2.45, 2.75) is 19.9 Å². The maximum Gasteiger partial charge on any atom is 0.344 e. The van der Waals surface area contributed by atoms with E-state index in [1.54, 1.807) is 62.4 Å². The van der Waals surface area contributed by atoms with Gasteiger partial charge in [-0.15, -0.1) is 0 Å². The van der Waals surface area contributed by atoms with Gasteiger partial charge >= 0.3 is 5.97 Å². The summed E-state index contributed by atoms with van der Waals surface area (Å²) in [6, 6.07) is 12.2. The zero-order valence-electron chi connectivity index (χ0n) is 16.3. The SMILES string of the molecule is CCOC(=O)COc1ccc(C(=O)[C@H](C)NC(=O)c2ccc(C=NN)cc2)cc1. The van der Waals surface area contributed by atoms with Crippen LogP contribution in [0, 0.1) is 0 Å². The summed E-state index contributed by atoms with van der Waals surface area (Å²) < 4.78 is 10.1. The fraction of sp³-hybridized carbons (Fsp3) is 0.238. The average molecular weight is 397 g/mol. The molecule has 2 rings (SSSR count). The van der Waals surface area contributed by atoms with Crippen molar-refractivity contribution in [3.63, 3.8) is 0 Å². The minimum atomic E-state index is -0.723. The van der Waals surface area contributed by atoms with E-state index < -0.39 is 12.0 Å². The number of amides is 1. The number of nitrogens with two attached hydrogens (primary N) is 1. The van der Waals surface area contributed by atoms with Gasteiger partial charge in [-0.3, -0.25) is 9.59 Å². The van der Waals surface area contributed by atoms with Crippen LogP contribution in [0.2, 0.25) is 0 Å². The smallest absolute Gasteiger partial charge is 0.344 e.